The highest BCUT2D eigenvalue weighted by Crippen LogP contribution is 2.30. The van der Waals surface area contributed by atoms with Crippen molar-refractivity contribution in [2.45, 2.75) is 46.6 Å². The van der Waals surface area contributed by atoms with E-state index in [0.717, 1.165) is 31.1 Å². The fourth-order valence-electron chi connectivity index (χ4n) is 2.68. The lowest BCUT2D eigenvalue weighted by atomic mass is 10.1. The van der Waals surface area contributed by atoms with Crippen molar-refractivity contribution >= 4 is 5.91 Å². The maximum Gasteiger partial charge on any atom is 0.251 e. The van der Waals surface area contributed by atoms with E-state index >= 15 is 0 Å². The van der Waals surface area contributed by atoms with Gasteiger partial charge in [0.15, 0.2) is 0 Å². The highest BCUT2D eigenvalue weighted by atomic mass is 16.1. The molecule has 22 heavy (non-hydrogen) atoms. The van der Waals surface area contributed by atoms with Crippen molar-refractivity contribution < 1.29 is 4.79 Å². The summed E-state index contributed by atoms with van der Waals surface area (Å²) in [7, 11) is 0. The molecule has 3 nitrogen and oxygen atoms in total. The van der Waals surface area contributed by atoms with E-state index in [9.17, 15) is 4.79 Å². The molecule has 0 aliphatic heterocycles. The third-order valence-electron chi connectivity index (χ3n) is 4.02. The maximum atomic E-state index is 12.2. The van der Waals surface area contributed by atoms with Gasteiger partial charge in [0, 0.05) is 25.2 Å². The molecule has 0 saturated heterocycles. The van der Waals surface area contributed by atoms with Gasteiger partial charge in [-0.05, 0) is 55.3 Å². The molecule has 1 aliphatic rings. The van der Waals surface area contributed by atoms with Crippen LogP contribution in [0.25, 0.3) is 0 Å². The van der Waals surface area contributed by atoms with Crippen molar-refractivity contribution in [2.24, 2.45) is 11.8 Å². The second kappa shape index (κ2) is 8.33. The highest BCUT2D eigenvalue weighted by Gasteiger charge is 2.24. The Morgan fingerprint density at radius 3 is 2.77 bits per heavy atom. The van der Waals surface area contributed by atoms with Crippen molar-refractivity contribution in [1.82, 2.24) is 10.2 Å². The smallest absolute Gasteiger partial charge is 0.251 e. The molecule has 0 heterocycles. The summed E-state index contributed by atoms with van der Waals surface area (Å²) in [5.41, 5.74) is 2.02. The molecule has 1 aliphatic carbocycles. The van der Waals surface area contributed by atoms with Crippen LogP contribution < -0.4 is 5.32 Å². The lowest BCUT2D eigenvalue weighted by Crippen LogP contribution is -2.28. The van der Waals surface area contributed by atoms with E-state index in [1.54, 1.807) is 0 Å². The standard InChI is InChI=1S/C19H30N2O/c1-4-10-21(13-16-8-9-16)14-17-6-5-7-18(11-17)19(22)20-12-15(2)3/h5-7,11,15-16H,4,8-10,12-14H2,1-3H3,(H,20,22). The molecule has 0 aromatic heterocycles. The molecule has 1 amide bonds. The molecule has 1 aromatic carbocycles. The van der Waals surface area contributed by atoms with Gasteiger partial charge in [0.05, 0.1) is 0 Å². The number of nitrogens with zero attached hydrogens (tertiary/aromatic N) is 1. The first-order valence-electron chi connectivity index (χ1n) is 8.68. The van der Waals surface area contributed by atoms with Gasteiger partial charge in [-0.15, -0.1) is 0 Å². The number of benzene rings is 1. The third-order valence-corrected chi connectivity index (χ3v) is 4.02. The van der Waals surface area contributed by atoms with Gasteiger partial charge in [-0.2, -0.15) is 0 Å². The molecular formula is C19H30N2O. The Hall–Kier alpha value is -1.35. The summed E-state index contributed by atoms with van der Waals surface area (Å²) in [6.45, 7) is 10.5. The van der Waals surface area contributed by atoms with Crippen LogP contribution in [0.5, 0.6) is 0 Å². The molecule has 1 aromatic rings. The van der Waals surface area contributed by atoms with E-state index in [1.165, 1.54) is 31.4 Å². The van der Waals surface area contributed by atoms with Crippen molar-refractivity contribution in [3.05, 3.63) is 35.4 Å². The van der Waals surface area contributed by atoms with E-state index in [0.29, 0.717) is 5.92 Å². The average Bonchev–Trinajstić information content (AvgIpc) is 3.29. The largest absolute Gasteiger partial charge is 0.352 e. The minimum atomic E-state index is 0.0415. The van der Waals surface area contributed by atoms with Gasteiger partial charge in [0.25, 0.3) is 5.91 Å². The van der Waals surface area contributed by atoms with Gasteiger partial charge in [-0.3, -0.25) is 9.69 Å². The van der Waals surface area contributed by atoms with Crippen molar-refractivity contribution in [3.8, 4) is 0 Å². The van der Waals surface area contributed by atoms with E-state index in [4.69, 9.17) is 0 Å². The van der Waals surface area contributed by atoms with Crippen LogP contribution >= 0.6 is 0 Å². The zero-order valence-electron chi connectivity index (χ0n) is 14.3. The SMILES string of the molecule is CCCN(Cc1cccc(C(=O)NCC(C)C)c1)CC1CC1. The molecular weight excluding hydrogens is 272 g/mol. The van der Waals surface area contributed by atoms with Crippen LogP contribution in [-0.4, -0.2) is 30.4 Å². The Morgan fingerprint density at radius 1 is 1.36 bits per heavy atom. The summed E-state index contributed by atoms with van der Waals surface area (Å²) in [4.78, 5) is 14.7. The van der Waals surface area contributed by atoms with E-state index in [-0.39, 0.29) is 5.91 Å². The molecule has 0 unspecified atom stereocenters. The molecule has 0 spiro atoms. The van der Waals surface area contributed by atoms with Gasteiger partial charge < -0.3 is 5.32 Å². The monoisotopic (exact) mass is 302 g/mol. The fourth-order valence-corrected chi connectivity index (χ4v) is 2.68. The van der Waals surface area contributed by atoms with Crippen molar-refractivity contribution in [2.75, 3.05) is 19.6 Å². The number of rotatable bonds is 9. The van der Waals surface area contributed by atoms with Crippen LogP contribution in [0.2, 0.25) is 0 Å². The fraction of sp³-hybridized carbons (Fsp3) is 0.632. The van der Waals surface area contributed by atoms with Crippen LogP contribution in [0.1, 0.15) is 56.0 Å². The molecule has 2 rings (SSSR count). The second-order valence-corrected chi connectivity index (χ2v) is 6.98. The summed E-state index contributed by atoms with van der Waals surface area (Å²) >= 11 is 0. The number of nitrogens with one attached hydrogen (secondary N) is 1. The highest BCUT2D eigenvalue weighted by molar-refractivity contribution is 5.94. The number of carbonyl (C=O) groups excluding carboxylic acids is 1. The quantitative estimate of drug-likeness (QED) is 0.754. The molecule has 3 heteroatoms. The first-order chi connectivity index (χ1) is 10.6. The molecule has 0 atom stereocenters. The predicted octanol–water partition coefficient (Wildman–Crippen LogP) is 3.69. The first-order valence-corrected chi connectivity index (χ1v) is 8.68. The zero-order chi connectivity index (χ0) is 15.9. The Balaban J connectivity index is 1.95. The van der Waals surface area contributed by atoms with Gasteiger partial charge in [0.1, 0.15) is 0 Å². The van der Waals surface area contributed by atoms with E-state index in [2.05, 4.69) is 37.1 Å². The molecule has 1 N–H and O–H groups in total. The Kier molecular flexibility index (Phi) is 6.44. The summed E-state index contributed by atoms with van der Waals surface area (Å²) in [6, 6.07) is 8.09. The summed E-state index contributed by atoms with van der Waals surface area (Å²) < 4.78 is 0. The average molecular weight is 302 g/mol. The Bertz CT molecular complexity index is 480. The maximum absolute atomic E-state index is 12.2. The number of carbonyl (C=O) groups is 1. The summed E-state index contributed by atoms with van der Waals surface area (Å²) in [5, 5.41) is 2.99. The molecule has 0 bridgehead atoms. The predicted molar refractivity (Wildman–Crippen MR) is 91.9 cm³/mol. The topological polar surface area (TPSA) is 32.3 Å². The van der Waals surface area contributed by atoms with Gasteiger partial charge in [-0.25, -0.2) is 0 Å². The van der Waals surface area contributed by atoms with Gasteiger partial charge in [-0.1, -0.05) is 32.9 Å². The normalized spacial score (nSPS) is 14.6. The van der Waals surface area contributed by atoms with Crippen LogP contribution in [-0.2, 0) is 6.54 Å². The van der Waals surface area contributed by atoms with Gasteiger partial charge >= 0.3 is 0 Å². The van der Waals surface area contributed by atoms with Gasteiger partial charge in [0.2, 0.25) is 0 Å². The van der Waals surface area contributed by atoms with Crippen molar-refractivity contribution in [1.29, 1.82) is 0 Å². The summed E-state index contributed by atoms with van der Waals surface area (Å²) in [5.74, 6) is 1.43. The number of hydrogen-bond acceptors (Lipinski definition) is 2. The molecule has 1 fully saturated rings. The lowest BCUT2D eigenvalue weighted by Gasteiger charge is -2.22. The lowest BCUT2D eigenvalue weighted by molar-refractivity contribution is 0.0949. The minimum Gasteiger partial charge on any atom is -0.352 e. The van der Waals surface area contributed by atoms with Crippen molar-refractivity contribution in [3.63, 3.8) is 0 Å². The van der Waals surface area contributed by atoms with Crippen LogP contribution in [0.3, 0.4) is 0 Å². The van der Waals surface area contributed by atoms with E-state index in [1.807, 2.05) is 18.2 Å². The molecule has 1 saturated carbocycles. The van der Waals surface area contributed by atoms with E-state index < -0.39 is 0 Å². The Morgan fingerprint density at radius 2 is 2.14 bits per heavy atom. The molecule has 122 valence electrons. The Labute approximate surface area is 135 Å². The minimum absolute atomic E-state index is 0.0415. The number of hydrogen-bond donors (Lipinski definition) is 1. The summed E-state index contributed by atoms with van der Waals surface area (Å²) in [6.07, 6.45) is 3.96. The first kappa shape index (κ1) is 17.0. The molecule has 0 radical (unpaired) electrons. The zero-order valence-corrected chi connectivity index (χ0v) is 14.3. The van der Waals surface area contributed by atoms with Crippen LogP contribution in [0.4, 0.5) is 0 Å². The second-order valence-electron chi connectivity index (χ2n) is 6.98. The van der Waals surface area contributed by atoms with Crippen LogP contribution in [0.15, 0.2) is 24.3 Å². The third kappa shape index (κ3) is 5.80. The van der Waals surface area contributed by atoms with Crippen LogP contribution in [0, 0.1) is 11.8 Å². The number of amides is 1.